The van der Waals surface area contributed by atoms with Crippen molar-refractivity contribution in [1.29, 1.82) is 0 Å². The molecule has 7 heteroatoms. The molecule has 0 saturated carbocycles. The van der Waals surface area contributed by atoms with Crippen LogP contribution in [0.2, 0.25) is 0 Å². The van der Waals surface area contributed by atoms with Crippen molar-refractivity contribution in [2.75, 3.05) is 5.32 Å². The molecule has 1 amide bonds. The number of carbonyl (C=O) groups excluding carboxylic acids is 1. The largest absolute Gasteiger partial charge is 0.322 e. The molecule has 0 aliphatic rings. The highest BCUT2D eigenvalue weighted by Gasteiger charge is 2.16. The van der Waals surface area contributed by atoms with E-state index in [1.54, 1.807) is 41.1 Å². The Bertz CT molecular complexity index is 1280. The summed E-state index contributed by atoms with van der Waals surface area (Å²) in [7, 11) is 0. The molecule has 0 unspecified atom stereocenters. The molecule has 0 spiro atoms. The number of benzene rings is 2. The number of aromatic nitrogens is 3. The summed E-state index contributed by atoms with van der Waals surface area (Å²) in [5, 5.41) is 2.71. The van der Waals surface area contributed by atoms with Crippen LogP contribution in [-0.2, 0) is 0 Å². The Hall–Kier alpha value is -3.87. The maximum Gasteiger partial charge on any atom is 0.278 e. The van der Waals surface area contributed by atoms with Gasteiger partial charge in [0.05, 0.1) is 0 Å². The summed E-state index contributed by atoms with van der Waals surface area (Å²) in [6.07, 6.45) is 1.64. The van der Waals surface area contributed by atoms with Gasteiger partial charge in [0.1, 0.15) is 17.0 Å². The Labute approximate surface area is 172 Å². The zero-order chi connectivity index (χ0) is 21.3. The molecule has 0 aliphatic carbocycles. The van der Waals surface area contributed by atoms with Crippen molar-refractivity contribution in [3.8, 4) is 11.3 Å². The molecule has 4 rings (SSSR count). The van der Waals surface area contributed by atoms with Crippen LogP contribution in [0.3, 0.4) is 0 Å². The SMILES string of the molecule is CC(C)n1c(=O)c(-c2ccc(C(=O)Nc3ccc(F)cc3)cc2)nc2cccnc21. The minimum atomic E-state index is -0.373. The summed E-state index contributed by atoms with van der Waals surface area (Å²) in [5.41, 5.74) is 2.74. The molecule has 0 radical (unpaired) electrons. The van der Waals surface area contributed by atoms with E-state index in [0.29, 0.717) is 33.7 Å². The number of rotatable bonds is 4. The number of fused-ring (bicyclic) bond motifs is 1. The van der Waals surface area contributed by atoms with Gasteiger partial charge in [0.25, 0.3) is 11.5 Å². The fourth-order valence-electron chi connectivity index (χ4n) is 3.22. The van der Waals surface area contributed by atoms with Crippen molar-refractivity contribution in [2.45, 2.75) is 19.9 Å². The first-order chi connectivity index (χ1) is 14.4. The first-order valence-electron chi connectivity index (χ1n) is 9.48. The molecule has 150 valence electrons. The lowest BCUT2D eigenvalue weighted by Gasteiger charge is -2.14. The van der Waals surface area contributed by atoms with Crippen LogP contribution >= 0.6 is 0 Å². The van der Waals surface area contributed by atoms with Crippen molar-refractivity contribution >= 4 is 22.8 Å². The van der Waals surface area contributed by atoms with Gasteiger partial charge < -0.3 is 5.32 Å². The van der Waals surface area contributed by atoms with Crippen LogP contribution in [0.25, 0.3) is 22.4 Å². The van der Waals surface area contributed by atoms with Gasteiger partial charge in [-0.25, -0.2) is 14.4 Å². The molecule has 4 aromatic rings. The second kappa shape index (κ2) is 7.87. The third-order valence-electron chi connectivity index (χ3n) is 4.69. The summed E-state index contributed by atoms with van der Waals surface area (Å²) in [4.78, 5) is 34.3. The van der Waals surface area contributed by atoms with E-state index in [-0.39, 0.29) is 23.3 Å². The topological polar surface area (TPSA) is 76.9 Å². The van der Waals surface area contributed by atoms with Crippen LogP contribution in [0.15, 0.2) is 71.7 Å². The molecule has 0 atom stereocenters. The fraction of sp³-hybridized carbons (Fsp3) is 0.130. The molecule has 2 heterocycles. The van der Waals surface area contributed by atoms with E-state index in [2.05, 4.69) is 15.3 Å². The van der Waals surface area contributed by atoms with Gasteiger partial charge in [-0.05, 0) is 62.4 Å². The van der Waals surface area contributed by atoms with Crippen LogP contribution in [0.1, 0.15) is 30.2 Å². The second-order valence-corrected chi connectivity index (χ2v) is 7.11. The van der Waals surface area contributed by atoms with E-state index < -0.39 is 0 Å². The maximum atomic E-state index is 13.1. The summed E-state index contributed by atoms with van der Waals surface area (Å²) in [6, 6.07) is 15.7. The molecular formula is C23H19FN4O2. The van der Waals surface area contributed by atoms with Crippen molar-refractivity contribution in [1.82, 2.24) is 14.5 Å². The number of nitrogens with zero attached hydrogens (tertiary/aromatic N) is 3. The zero-order valence-corrected chi connectivity index (χ0v) is 16.5. The molecule has 0 fully saturated rings. The van der Waals surface area contributed by atoms with Gasteiger partial charge in [0.2, 0.25) is 0 Å². The number of anilines is 1. The molecule has 0 bridgehead atoms. The highest BCUT2D eigenvalue weighted by Crippen LogP contribution is 2.20. The number of nitrogens with one attached hydrogen (secondary N) is 1. The highest BCUT2D eigenvalue weighted by atomic mass is 19.1. The van der Waals surface area contributed by atoms with Gasteiger partial charge in [0, 0.05) is 29.1 Å². The minimum Gasteiger partial charge on any atom is -0.322 e. The molecule has 6 nitrogen and oxygen atoms in total. The lowest BCUT2D eigenvalue weighted by molar-refractivity contribution is 0.102. The number of pyridine rings is 1. The van der Waals surface area contributed by atoms with Gasteiger partial charge in [-0.1, -0.05) is 12.1 Å². The Kier molecular flexibility index (Phi) is 5.10. The van der Waals surface area contributed by atoms with Crippen LogP contribution in [0.5, 0.6) is 0 Å². The Balaban J connectivity index is 1.68. The van der Waals surface area contributed by atoms with E-state index in [0.717, 1.165) is 0 Å². The van der Waals surface area contributed by atoms with E-state index in [1.807, 2.05) is 19.9 Å². The molecular weight excluding hydrogens is 383 g/mol. The standard InChI is InChI=1S/C23H19FN4O2/c1-14(2)28-21-19(4-3-13-25-21)27-20(23(28)30)15-5-7-16(8-6-15)22(29)26-18-11-9-17(24)10-12-18/h3-14H,1-2H3,(H,26,29). The summed E-state index contributed by atoms with van der Waals surface area (Å²) < 4.78 is 14.6. The van der Waals surface area contributed by atoms with Gasteiger partial charge in [-0.3, -0.25) is 14.2 Å². The third kappa shape index (κ3) is 3.69. The average molecular weight is 402 g/mol. The molecule has 0 aliphatic heterocycles. The number of hydrogen-bond donors (Lipinski definition) is 1. The summed E-state index contributed by atoms with van der Waals surface area (Å²) >= 11 is 0. The predicted octanol–water partition coefficient (Wildman–Crippen LogP) is 4.43. The Morgan fingerprint density at radius 1 is 1.03 bits per heavy atom. The smallest absolute Gasteiger partial charge is 0.278 e. The zero-order valence-electron chi connectivity index (χ0n) is 16.5. The third-order valence-corrected chi connectivity index (χ3v) is 4.69. The number of hydrogen-bond acceptors (Lipinski definition) is 4. The normalized spacial score (nSPS) is 11.1. The van der Waals surface area contributed by atoms with Gasteiger partial charge >= 0.3 is 0 Å². The van der Waals surface area contributed by atoms with Crippen molar-refractivity contribution in [3.05, 3.63) is 88.6 Å². The molecule has 30 heavy (non-hydrogen) atoms. The summed E-state index contributed by atoms with van der Waals surface area (Å²) in [6.45, 7) is 3.84. The summed E-state index contributed by atoms with van der Waals surface area (Å²) in [5.74, 6) is -0.703. The Morgan fingerprint density at radius 3 is 2.40 bits per heavy atom. The van der Waals surface area contributed by atoms with Crippen molar-refractivity contribution in [3.63, 3.8) is 0 Å². The molecule has 0 saturated heterocycles. The first kappa shape index (κ1) is 19.4. The van der Waals surface area contributed by atoms with Crippen molar-refractivity contribution < 1.29 is 9.18 Å². The van der Waals surface area contributed by atoms with Gasteiger partial charge in [-0.2, -0.15) is 0 Å². The van der Waals surface area contributed by atoms with Crippen LogP contribution in [0, 0.1) is 5.82 Å². The van der Waals surface area contributed by atoms with Crippen molar-refractivity contribution in [2.24, 2.45) is 0 Å². The number of amides is 1. The number of halogens is 1. The highest BCUT2D eigenvalue weighted by molar-refractivity contribution is 6.04. The van der Waals surface area contributed by atoms with Crippen LogP contribution in [0.4, 0.5) is 10.1 Å². The first-order valence-corrected chi connectivity index (χ1v) is 9.48. The van der Waals surface area contributed by atoms with E-state index in [4.69, 9.17) is 0 Å². The predicted molar refractivity (Wildman–Crippen MR) is 114 cm³/mol. The quantitative estimate of drug-likeness (QED) is 0.548. The number of carbonyl (C=O) groups is 1. The minimum absolute atomic E-state index is 0.0857. The lowest BCUT2D eigenvalue weighted by Crippen LogP contribution is -2.25. The monoisotopic (exact) mass is 402 g/mol. The average Bonchev–Trinajstić information content (AvgIpc) is 2.74. The lowest BCUT2D eigenvalue weighted by atomic mass is 10.1. The molecule has 2 aromatic heterocycles. The van der Waals surface area contributed by atoms with E-state index in [9.17, 15) is 14.0 Å². The molecule has 2 aromatic carbocycles. The fourth-order valence-corrected chi connectivity index (χ4v) is 3.22. The van der Waals surface area contributed by atoms with Gasteiger partial charge in [0.15, 0.2) is 5.65 Å². The second-order valence-electron chi connectivity index (χ2n) is 7.11. The Morgan fingerprint density at radius 2 is 1.73 bits per heavy atom. The van der Waals surface area contributed by atoms with E-state index >= 15 is 0 Å². The van der Waals surface area contributed by atoms with Crippen LogP contribution in [-0.4, -0.2) is 20.4 Å². The van der Waals surface area contributed by atoms with Crippen LogP contribution < -0.4 is 10.9 Å². The van der Waals surface area contributed by atoms with Gasteiger partial charge in [-0.15, -0.1) is 0 Å². The maximum absolute atomic E-state index is 13.1. The molecule has 1 N–H and O–H groups in total. The van der Waals surface area contributed by atoms with E-state index in [1.165, 1.54) is 24.3 Å².